The third-order valence-electron chi connectivity index (χ3n) is 3.99. The summed E-state index contributed by atoms with van der Waals surface area (Å²) in [5, 5.41) is 8.80. The van der Waals surface area contributed by atoms with Crippen molar-refractivity contribution in [2.45, 2.75) is 32.7 Å². The second-order valence-electron chi connectivity index (χ2n) is 5.73. The zero-order valence-electron chi connectivity index (χ0n) is 13.7. The van der Waals surface area contributed by atoms with Gasteiger partial charge in [0, 0.05) is 20.0 Å². The largest absolute Gasteiger partial charge is 0.341 e. The molecular weight excluding hydrogens is 284 g/mol. The van der Waals surface area contributed by atoms with Crippen LogP contribution in [-0.2, 0) is 24.2 Å². The number of aryl methyl sites for hydroxylation is 2. The zero-order chi connectivity index (χ0) is 16.7. The summed E-state index contributed by atoms with van der Waals surface area (Å²) in [5.74, 6) is 0.133. The van der Waals surface area contributed by atoms with Gasteiger partial charge in [0.15, 0.2) is 0 Å². The van der Waals surface area contributed by atoms with Gasteiger partial charge in [-0.1, -0.05) is 43.3 Å². The molecule has 0 aliphatic carbocycles. The summed E-state index contributed by atoms with van der Waals surface area (Å²) in [6, 6.07) is 17.9. The fraction of sp³-hybridized carbons (Fsp3) is 0.300. The minimum atomic E-state index is 0.133. The average molecular weight is 306 g/mol. The minimum Gasteiger partial charge on any atom is -0.341 e. The lowest BCUT2D eigenvalue weighted by Gasteiger charge is -2.17. The molecule has 0 bridgehead atoms. The van der Waals surface area contributed by atoms with Crippen LogP contribution in [0.2, 0.25) is 0 Å². The van der Waals surface area contributed by atoms with Crippen LogP contribution in [0.25, 0.3) is 0 Å². The number of nitrogens with zero attached hydrogens (tertiary/aromatic N) is 2. The van der Waals surface area contributed by atoms with E-state index >= 15 is 0 Å². The van der Waals surface area contributed by atoms with Crippen LogP contribution in [-0.4, -0.2) is 17.9 Å². The van der Waals surface area contributed by atoms with E-state index in [-0.39, 0.29) is 5.91 Å². The lowest BCUT2D eigenvalue weighted by molar-refractivity contribution is -0.130. The van der Waals surface area contributed by atoms with Crippen molar-refractivity contribution in [3.8, 4) is 6.07 Å². The van der Waals surface area contributed by atoms with Crippen molar-refractivity contribution in [2.24, 2.45) is 0 Å². The monoisotopic (exact) mass is 306 g/mol. The molecule has 0 aliphatic heterocycles. The van der Waals surface area contributed by atoms with Crippen LogP contribution in [0.15, 0.2) is 48.5 Å². The smallest absolute Gasteiger partial charge is 0.222 e. The third-order valence-corrected chi connectivity index (χ3v) is 3.99. The quantitative estimate of drug-likeness (QED) is 0.816. The van der Waals surface area contributed by atoms with Crippen molar-refractivity contribution in [2.75, 3.05) is 7.05 Å². The molecule has 0 aliphatic rings. The fourth-order valence-corrected chi connectivity index (χ4v) is 2.43. The summed E-state index contributed by atoms with van der Waals surface area (Å²) in [4.78, 5) is 14.0. The van der Waals surface area contributed by atoms with Crippen molar-refractivity contribution < 1.29 is 4.79 Å². The van der Waals surface area contributed by atoms with Crippen LogP contribution < -0.4 is 0 Å². The van der Waals surface area contributed by atoms with Gasteiger partial charge in [0.1, 0.15) is 0 Å². The van der Waals surface area contributed by atoms with E-state index in [4.69, 9.17) is 5.26 Å². The van der Waals surface area contributed by atoms with Gasteiger partial charge >= 0.3 is 0 Å². The number of amides is 1. The molecule has 118 valence electrons. The molecule has 0 fully saturated rings. The number of carbonyl (C=O) groups excluding carboxylic acids is 1. The van der Waals surface area contributed by atoms with Crippen molar-refractivity contribution in [1.29, 1.82) is 5.26 Å². The normalized spacial score (nSPS) is 10.1. The Bertz CT molecular complexity index is 681. The molecule has 1 amide bonds. The summed E-state index contributed by atoms with van der Waals surface area (Å²) < 4.78 is 0. The van der Waals surface area contributed by atoms with Crippen LogP contribution in [0, 0.1) is 11.3 Å². The highest BCUT2D eigenvalue weighted by Crippen LogP contribution is 2.10. The lowest BCUT2D eigenvalue weighted by atomic mass is 10.1. The highest BCUT2D eigenvalue weighted by atomic mass is 16.2. The zero-order valence-corrected chi connectivity index (χ0v) is 13.7. The Hall–Kier alpha value is -2.60. The van der Waals surface area contributed by atoms with E-state index in [0.717, 1.165) is 18.4 Å². The van der Waals surface area contributed by atoms with E-state index in [1.807, 2.05) is 19.2 Å². The molecule has 0 unspecified atom stereocenters. The predicted octanol–water partition coefficient (Wildman–Crippen LogP) is 3.71. The van der Waals surface area contributed by atoms with Crippen LogP contribution in [0.3, 0.4) is 0 Å². The van der Waals surface area contributed by atoms with Crippen LogP contribution in [0.1, 0.15) is 35.6 Å². The number of carbonyl (C=O) groups is 1. The van der Waals surface area contributed by atoms with Gasteiger partial charge < -0.3 is 4.90 Å². The van der Waals surface area contributed by atoms with Crippen molar-refractivity contribution in [3.63, 3.8) is 0 Å². The standard InChI is InChI=1S/C20H22N2O/c1-3-16-4-6-17(7-5-16)12-13-20(23)22(2)15-19-10-8-18(14-21)9-11-19/h4-11H,3,12-13,15H2,1-2H3. The Balaban J connectivity index is 1.85. The second-order valence-corrected chi connectivity index (χ2v) is 5.73. The van der Waals surface area contributed by atoms with E-state index in [1.165, 1.54) is 11.1 Å². The van der Waals surface area contributed by atoms with Crippen LogP contribution in [0.5, 0.6) is 0 Å². The second kappa shape index (κ2) is 8.14. The number of nitriles is 1. The molecule has 3 nitrogen and oxygen atoms in total. The molecule has 2 aromatic rings. The maximum absolute atomic E-state index is 12.2. The minimum absolute atomic E-state index is 0.133. The predicted molar refractivity (Wildman–Crippen MR) is 91.8 cm³/mol. The number of benzene rings is 2. The Kier molecular flexibility index (Phi) is 5.94. The molecule has 0 saturated heterocycles. The molecule has 3 heteroatoms. The molecular formula is C20H22N2O. The van der Waals surface area contributed by atoms with Crippen molar-refractivity contribution in [3.05, 3.63) is 70.8 Å². The SMILES string of the molecule is CCc1ccc(CCC(=O)N(C)Cc2ccc(C#N)cc2)cc1. The maximum Gasteiger partial charge on any atom is 0.222 e. The van der Waals surface area contributed by atoms with Crippen LogP contribution in [0.4, 0.5) is 0 Å². The molecule has 2 rings (SSSR count). The molecule has 0 atom stereocenters. The molecule has 23 heavy (non-hydrogen) atoms. The van der Waals surface area contributed by atoms with Gasteiger partial charge in [-0.3, -0.25) is 4.79 Å². The first-order chi connectivity index (χ1) is 11.1. The van der Waals surface area contributed by atoms with E-state index < -0.39 is 0 Å². The highest BCUT2D eigenvalue weighted by molar-refractivity contribution is 5.76. The first kappa shape index (κ1) is 16.8. The molecule has 0 radical (unpaired) electrons. The fourth-order valence-electron chi connectivity index (χ4n) is 2.43. The summed E-state index contributed by atoms with van der Waals surface area (Å²) in [6.45, 7) is 2.70. The molecule has 0 N–H and O–H groups in total. The number of hydrogen-bond donors (Lipinski definition) is 0. The van der Waals surface area contributed by atoms with Crippen molar-refractivity contribution in [1.82, 2.24) is 4.90 Å². The van der Waals surface area contributed by atoms with Crippen LogP contribution >= 0.6 is 0 Å². The van der Waals surface area contributed by atoms with E-state index in [9.17, 15) is 4.79 Å². The summed E-state index contributed by atoms with van der Waals surface area (Å²) in [6.07, 6.45) is 2.31. The Morgan fingerprint density at radius 3 is 2.13 bits per heavy atom. The third kappa shape index (κ3) is 4.96. The van der Waals surface area contributed by atoms with Gasteiger partial charge in [0.05, 0.1) is 11.6 Å². The number of rotatable bonds is 6. The number of hydrogen-bond acceptors (Lipinski definition) is 2. The Labute approximate surface area is 138 Å². The topological polar surface area (TPSA) is 44.1 Å². The Morgan fingerprint density at radius 1 is 1.00 bits per heavy atom. The summed E-state index contributed by atoms with van der Waals surface area (Å²) in [7, 11) is 1.82. The molecule has 2 aromatic carbocycles. The first-order valence-corrected chi connectivity index (χ1v) is 7.93. The molecule has 0 heterocycles. The van der Waals surface area contributed by atoms with E-state index in [1.54, 1.807) is 17.0 Å². The van der Waals surface area contributed by atoms with Gasteiger partial charge in [-0.05, 0) is 41.7 Å². The van der Waals surface area contributed by atoms with E-state index in [2.05, 4.69) is 37.3 Å². The average Bonchev–Trinajstić information content (AvgIpc) is 2.60. The molecule has 0 aromatic heterocycles. The van der Waals surface area contributed by atoms with Crippen molar-refractivity contribution >= 4 is 5.91 Å². The van der Waals surface area contributed by atoms with Gasteiger partial charge in [0.25, 0.3) is 0 Å². The van der Waals surface area contributed by atoms with Gasteiger partial charge in [0.2, 0.25) is 5.91 Å². The van der Waals surface area contributed by atoms with Gasteiger partial charge in [-0.25, -0.2) is 0 Å². The molecule has 0 spiro atoms. The van der Waals surface area contributed by atoms with Gasteiger partial charge in [-0.2, -0.15) is 5.26 Å². The lowest BCUT2D eigenvalue weighted by Crippen LogP contribution is -2.26. The Morgan fingerprint density at radius 2 is 1.57 bits per heavy atom. The highest BCUT2D eigenvalue weighted by Gasteiger charge is 2.09. The molecule has 0 saturated carbocycles. The van der Waals surface area contributed by atoms with Gasteiger partial charge in [-0.15, -0.1) is 0 Å². The summed E-state index contributed by atoms with van der Waals surface area (Å²) >= 11 is 0. The van der Waals surface area contributed by atoms with E-state index in [0.29, 0.717) is 18.5 Å². The maximum atomic E-state index is 12.2. The summed E-state index contributed by atoms with van der Waals surface area (Å²) in [5.41, 5.74) is 4.19. The first-order valence-electron chi connectivity index (χ1n) is 7.93.